The average molecular weight is 344 g/mol. The number of hydrogen-bond acceptors (Lipinski definition) is 3. The van der Waals surface area contributed by atoms with E-state index in [4.69, 9.17) is 21.4 Å². The van der Waals surface area contributed by atoms with Crippen molar-refractivity contribution in [1.29, 1.82) is 0 Å². The fourth-order valence-electron chi connectivity index (χ4n) is 3.23. The van der Waals surface area contributed by atoms with Crippen LogP contribution in [0.5, 0.6) is 5.75 Å². The van der Waals surface area contributed by atoms with Crippen molar-refractivity contribution in [3.8, 4) is 5.75 Å². The number of ether oxygens (including phenoxy) is 1. The van der Waals surface area contributed by atoms with Crippen LogP contribution in [0.4, 0.5) is 5.69 Å². The third-order valence-corrected chi connectivity index (χ3v) is 4.49. The summed E-state index contributed by atoms with van der Waals surface area (Å²) in [6.45, 7) is 4.03. The van der Waals surface area contributed by atoms with Crippen molar-refractivity contribution in [2.75, 3.05) is 5.32 Å². The standard InChI is InChI=1S/C19H24N2O2S/c1-14(2)23-16-9-7-15(8-10-16)20-18(24)21-19(11-3-4-12-19)17-6-5-13-22-17/h5-10,13-14H,3-4,11-12H2,1-2H3,(H2,20,21,24). The van der Waals surface area contributed by atoms with E-state index in [1.54, 1.807) is 6.26 Å². The smallest absolute Gasteiger partial charge is 0.171 e. The summed E-state index contributed by atoms with van der Waals surface area (Å²) in [5.41, 5.74) is 0.755. The van der Waals surface area contributed by atoms with Crippen molar-refractivity contribution < 1.29 is 9.15 Å². The summed E-state index contributed by atoms with van der Waals surface area (Å²) in [7, 11) is 0. The molecule has 1 heterocycles. The van der Waals surface area contributed by atoms with Gasteiger partial charge >= 0.3 is 0 Å². The Hall–Kier alpha value is -2.01. The Morgan fingerprint density at radius 1 is 1.17 bits per heavy atom. The van der Waals surface area contributed by atoms with E-state index in [9.17, 15) is 0 Å². The van der Waals surface area contributed by atoms with Gasteiger partial charge in [-0.25, -0.2) is 0 Å². The lowest BCUT2D eigenvalue weighted by molar-refractivity contribution is 0.242. The number of benzene rings is 1. The first-order chi connectivity index (χ1) is 11.6. The van der Waals surface area contributed by atoms with Crippen LogP contribution in [0.1, 0.15) is 45.3 Å². The van der Waals surface area contributed by atoms with Gasteiger partial charge in [0.1, 0.15) is 11.5 Å². The van der Waals surface area contributed by atoms with Crippen LogP contribution in [0, 0.1) is 0 Å². The number of thiocarbonyl (C=S) groups is 1. The molecule has 0 aliphatic heterocycles. The zero-order valence-corrected chi connectivity index (χ0v) is 15.0. The Kier molecular flexibility index (Phi) is 5.09. The van der Waals surface area contributed by atoms with Gasteiger partial charge in [-0.05, 0) is 75.3 Å². The van der Waals surface area contributed by atoms with Gasteiger partial charge in [0.05, 0.1) is 17.9 Å². The summed E-state index contributed by atoms with van der Waals surface area (Å²) < 4.78 is 11.3. The lowest BCUT2D eigenvalue weighted by atomic mass is 9.94. The molecule has 2 N–H and O–H groups in total. The van der Waals surface area contributed by atoms with E-state index in [0.29, 0.717) is 5.11 Å². The second-order valence-electron chi connectivity index (χ2n) is 6.54. The summed E-state index contributed by atoms with van der Waals surface area (Å²) in [6, 6.07) is 11.8. The minimum absolute atomic E-state index is 0.169. The molecular weight excluding hydrogens is 320 g/mol. The molecule has 1 fully saturated rings. The van der Waals surface area contributed by atoms with Crippen molar-refractivity contribution in [3.63, 3.8) is 0 Å². The van der Waals surface area contributed by atoms with Crippen LogP contribution in [-0.2, 0) is 5.54 Å². The molecule has 1 aromatic heterocycles. The molecule has 128 valence electrons. The predicted octanol–water partition coefficient (Wildman–Crippen LogP) is 4.82. The normalized spacial score (nSPS) is 16.1. The Labute approximate surface area is 148 Å². The number of anilines is 1. The van der Waals surface area contributed by atoms with Crippen LogP contribution in [0.25, 0.3) is 0 Å². The fraction of sp³-hybridized carbons (Fsp3) is 0.421. The molecule has 5 heteroatoms. The van der Waals surface area contributed by atoms with Crippen LogP contribution in [0.3, 0.4) is 0 Å². The highest BCUT2D eigenvalue weighted by Gasteiger charge is 2.38. The molecule has 0 amide bonds. The Morgan fingerprint density at radius 2 is 1.88 bits per heavy atom. The molecule has 1 saturated carbocycles. The fourth-order valence-corrected chi connectivity index (χ4v) is 3.54. The quantitative estimate of drug-likeness (QED) is 0.761. The van der Waals surface area contributed by atoms with Gasteiger partial charge in [-0.1, -0.05) is 12.8 Å². The maximum absolute atomic E-state index is 5.66. The molecule has 1 aliphatic rings. The van der Waals surface area contributed by atoms with Crippen molar-refractivity contribution in [2.24, 2.45) is 0 Å². The van der Waals surface area contributed by atoms with Crippen LogP contribution >= 0.6 is 12.2 Å². The van der Waals surface area contributed by atoms with Gasteiger partial charge in [0, 0.05) is 5.69 Å². The average Bonchev–Trinajstić information content (AvgIpc) is 3.20. The van der Waals surface area contributed by atoms with E-state index < -0.39 is 0 Å². The van der Waals surface area contributed by atoms with Gasteiger partial charge in [-0.3, -0.25) is 0 Å². The summed E-state index contributed by atoms with van der Waals surface area (Å²) in [6.07, 6.45) is 6.31. The van der Waals surface area contributed by atoms with E-state index in [1.165, 1.54) is 12.8 Å². The molecule has 4 nitrogen and oxygen atoms in total. The Balaban J connectivity index is 1.64. The minimum Gasteiger partial charge on any atom is -0.491 e. The van der Waals surface area contributed by atoms with E-state index in [0.717, 1.165) is 30.0 Å². The van der Waals surface area contributed by atoms with Crippen molar-refractivity contribution in [3.05, 3.63) is 48.4 Å². The maximum atomic E-state index is 5.66. The summed E-state index contributed by atoms with van der Waals surface area (Å²) in [5.74, 6) is 1.82. The van der Waals surface area contributed by atoms with Crippen molar-refractivity contribution in [1.82, 2.24) is 5.32 Å². The van der Waals surface area contributed by atoms with Gasteiger partial charge in [0.25, 0.3) is 0 Å². The highest BCUT2D eigenvalue weighted by atomic mass is 32.1. The molecule has 1 aromatic carbocycles. The number of rotatable bonds is 5. The van der Waals surface area contributed by atoms with Gasteiger partial charge in [0.2, 0.25) is 0 Å². The van der Waals surface area contributed by atoms with E-state index in [2.05, 4.69) is 10.6 Å². The molecule has 0 radical (unpaired) electrons. The minimum atomic E-state index is -0.186. The molecule has 0 unspecified atom stereocenters. The molecule has 24 heavy (non-hydrogen) atoms. The van der Waals surface area contributed by atoms with E-state index in [-0.39, 0.29) is 11.6 Å². The highest BCUT2D eigenvalue weighted by Crippen LogP contribution is 2.39. The number of nitrogens with one attached hydrogen (secondary N) is 2. The number of furan rings is 1. The lowest BCUT2D eigenvalue weighted by Crippen LogP contribution is -2.45. The Bertz CT molecular complexity index is 659. The molecule has 2 aromatic rings. The first-order valence-corrected chi connectivity index (χ1v) is 8.88. The van der Waals surface area contributed by atoms with E-state index in [1.807, 2.05) is 50.2 Å². The molecule has 3 rings (SSSR count). The Morgan fingerprint density at radius 3 is 2.46 bits per heavy atom. The second-order valence-corrected chi connectivity index (χ2v) is 6.94. The van der Waals surface area contributed by atoms with Gasteiger partial charge in [-0.2, -0.15) is 0 Å². The molecule has 0 bridgehead atoms. The first kappa shape index (κ1) is 16.8. The van der Waals surface area contributed by atoms with Gasteiger partial charge in [-0.15, -0.1) is 0 Å². The molecular formula is C19H24N2O2S. The SMILES string of the molecule is CC(C)Oc1ccc(NC(=S)NC2(c3ccco3)CCCC2)cc1. The topological polar surface area (TPSA) is 46.4 Å². The van der Waals surface area contributed by atoms with Crippen LogP contribution in [0.2, 0.25) is 0 Å². The maximum Gasteiger partial charge on any atom is 0.171 e. The van der Waals surface area contributed by atoms with Crippen LogP contribution < -0.4 is 15.4 Å². The second kappa shape index (κ2) is 7.26. The molecule has 0 spiro atoms. The molecule has 1 aliphatic carbocycles. The molecule has 0 saturated heterocycles. The monoisotopic (exact) mass is 344 g/mol. The van der Waals surface area contributed by atoms with Gasteiger partial charge < -0.3 is 19.8 Å². The van der Waals surface area contributed by atoms with Crippen LogP contribution in [0.15, 0.2) is 47.1 Å². The third-order valence-electron chi connectivity index (χ3n) is 4.29. The zero-order chi connectivity index (χ0) is 17.0. The lowest BCUT2D eigenvalue weighted by Gasteiger charge is -2.29. The van der Waals surface area contributed by atoms with E-state index >= 15 is 0 Å². The zero-order valence-electron chi connectivity index (χ0n) is 14.2. The first-order valence-electron chi connectivity index (χ1n) is 8.47. The van der Waals surface area contributed by atoms with Gasteiger partial charge in [0.15, 0.2) is 5.11 Å². The predicted molar refractivity (Wildman–Crippen MR) is 100 cm³/mol. The third kappa shape index (κ3) is 3.90. The largest absolute Gasteiger partial charge is 0.491 e. The van der Waals surface area contributed by atoms with Crippen LogP contribution in [-0.4, -0.2) is 11.2 Å². The summed E-state index contributed by atoms with van der Waals surface area (Å²) >= 11 is 5.53. The summed E-state index contributed by atoms with van der Waals surface area (Å²) in [4.78, 5) is 0. The van der Waals surface area contributed by atoms with Crippen molar-refractivity contribution in [2.45, 2.75) is 51.2 Å². The highest BCUT2D eigenvalue weighted by molar-refractivity contribution is 7.80. The number of hydrogen-bond donors (Lipinski definition) is 2. The van der Waals surface area contributed by atoms with Crippen molar-refractivity contribution >= 4 is 23.0 Å². The molecule has 0 atom stereocenters. The summed E-state index contributed by atoms with van der Waals surface area (Å²) in [5, 5.41) is 7.36.